The van der Waals surface area contributed by atoms with Crippen LogP contribution in [0, 0.1) is 11.6 Å². The van der Waals surface area contributed by atoms with Crippen LogP contribution < -0.4 is 5.56 Å². The quantitative estimate of drug-likeness (QED) is 0.767. The Morgan fingerprint density at radius 2 is 2.04 bits per heavy atom. The largest absolute Gasteiger partial charge is 0.475 e. The number of oxazole rings is 1. The number of rotatable bonds is 5. The van der Waals surface area contributed by atoms with E-state index in [1.165, 1.54) is 12.1 Å². The summed E-state index contributed by atoms with van der Waals surface area (Å²) in [5.74, 6) is -2.54. The van der Waals surface area contributed by atoms with Gasteiger partial charge in [0.25, 0.3) is 5.56 Å². The summed E-state index contributed by atoms with van der Waals surface area (Å²) in [7, 11) is 0. The Hall–Kier alpha value is -3.29. The summed E-state index contributed by atoms with van der Waals surface area (Å²) in [6, 6.07) is 6.44. The van der Waals surface area contributed by atoms with E-state index in [1.807, 2.05) is 0 Å². The number of pyridine rings is 1. The average molecular weight is 346 g/mol. The summed E-state index contributed by atoms with van der Waals surface area (Å²) in [6.07, 6.45) is 2.21. The minimum absolute atomic E-state index is 0.106. The van der Waals surface area contributed by atoms with Gasteiger partial charge in [0.1, 0.15) is 11.6 Å². The minimum atomic E-state index is -1.24. The third-order valence-electron chi connectivity index (χ3n) is 3.53. The molecule has 25 heavy (non-hydrogen) atoms. The zero-order valence-electron chi connectivity index (χ0n) is 12.8. The molecule has 0 spiro atoms. The number of carbonyl (C=O) groups is 1. The summed E-state index contributed by atoms with van der Waals surface area (Å²) in [5, 5.41) is 8.78. The molecule has 0 amide bonds. The van der Waals surface area contributed by atoms with Crippen molar-refractivity contribution < 1.29 is 23.1 Å². The SMILES string of the molecule is O=C(O)c1cnc(Cc2ccc(Cn3cc(F)ccc3=O)c(F)c2)o1. The third-order valence-corrected chi connectivity index (χ3v) is 3.53. The van der Waals surface area contributed by atoms with E-state index in [4.69, 9.17) is 9.52 Å². The van der Waals surface area contributed by atoms with Crippen molar-refractivity contribution in [1.29, 1.82) is 0 Å². The van der Waals surface area contributed by atoms with Crippen molar-refractivity contribution in [2.45, 2.75) is 13.0 Å². The van der Waals surface area contributed by atoms with E-state index in [0.29, 0.717) is 5.56 Å². The standard InChI is InChI=1S/C17H12F2N2O4/c18-12-3-4-16(22)21(9-12)8-11-2-1-10(5-13(11)19)6-15-20-7-14(25-15)17(23)24/h1-5,7,9H,6,8H2,(H,23,24). The number of nitrogens with zero attached hydrogens (tertiary/aromatic N) is 2. The van der Waals surface area contributed by atoms with E-state index in [-0.39, 0.29) is 30.2 Å². The Kier molecular flexibility index (Phi) is 4.42. The average Bonchev–Trinajstić information content (AvgIpc) is 3.02. The van der Waals surface area contributed by atoms with Crippen molar-refractivity contribution in [2.24, 2.45) is 0 Å². The number of aromatic carboxylic acids is 1. The van der Waals surface area contributed by atoms with Gasteiger partial charge in [-0.1, -0.05) is 12.1 Å². The van der Waals surface area contributed by atoms with E-state index >= 15 is 0 Å². The number of hydrogen-bond acceptors (Lipinski definition) is 4. The zero-order valence-corrected chi connectivity index (χ0v) is 12.8. The van der Waals surface area contributed by atoms with Crippen LogP contribution in [0.2, 0.25) is 0 Å². The first-order valence-corrected chi connectivity index (χ1v) is 7.23. The molecule has 3 aromatic rings. The molecule has 2 aromatic heterocycles. The molecule has 3 rings (SSSR count). The fourth-order valence-electron chi connectivity index (χ4n) is 2.30. The van der Waals surface area contributed by atoms with Crippen LogP contribution in [0.1, 0.15) is 27.6 Å². The third kappa shape index (κ3) is 3.79. The first-order valence-electron chi connectivity index (χ1n) is 7.23. The van der Waals surface area contributed by atoms with Gasteiger partial charge in [-0.3, -0.25) is 4.79 Å². The van der Waals surface area contributed by atoms with Crippen LogP contribution in [-0.4, -0.2) is 20.6 Å². The molecule has 0 aliphatic heterocycles. The van der Waals surface area contributed by atoms with Crippen molar-refractivity contribution in [3.8, 4) is 0 Å². The summed E-state index contributed by atoms with van der Waals surface area (Å²) < 4.78 is 33.5. The Labute approximate surface area is 140 Å². The number of benzene rings is 1. The molecular formula is C17H12F2N2O4. The first kappa shape index (κ1) is 16.6. The maximum Gasteiger partial charge on any atom is 0.373 e. The van der Waals surface area contributed by atoms with Gasteiger partial charge in [-0.15, -0.1) is 0 Å². The molecule has 0 unspecified atom stereocenters. The second-order valence-corrected chi connectivity index (χ2v) is 5.34. The summed E-state index contributed by atoms with van der Waals surface area (Å²) >= 11 is 0. The molecule has 6 nitrogen and oxygen atoms in total. The van der Waals surface area contributed by atoms with Gasteiger partial charge in [-0.2, -0.15) is 0 Å². The van der Waals surface area contributed by atoms with Crippen LogP contribution in [0.5, 0.6) is 0 Å². The lowest BCUT2D eigenvalue weighted by Gasteiger charge is -2.08. The van der Waals surface area contributed by atoms with Crippen LogP contribution in [0.15, 0.2) is 51.9 Å². The number of aromatic nitrogens is 2. The zero-order chi connectivity index (χ0) is 18.0. The van der Waals surface area contributed by atoms with Crippen molar-refractivity contribution in [3.05, 3.63) is 87.5 Å². The fraction of sp³-hybridized carbons (Fsp3) is 0.118. The number of halogens is 2. The predicted molar refractivity (Wildman–Crippen MR) is 82.4 cm³/mol. The molecule has 0 fully saturated rings. The molecule has 0 aliphatic rings. The van der Waals surface area contributed by atoms with Crippen LogP contribution >= 0.6 is 0 Å². The second-order valence-electron chi connectivity index (χ2n) is 5.34. The molecule has 0 aliphatic carbocycles. The normalized spacial score (nSPS) is 10.8. The van der Waals surface area contributed by atoms with Gasteiger partial charge >= 0.3 is 5.97 Å². The molecule has 0 atom stereocenters. The molecule has 1 N–H and O–H groups in total. The summed E-state index contributed by atoms with van der Waals surface area (Å²) in [5.41, 5.74) is 0.299. The fourth-order valence-corrected chi connectivity index (χ4v) is 2.30. The number of hydrogen-bond donors (Lipinski definition) is 1. The van der Waals surface area contributed by atoms with Crippen LogP contribution in [0.3, 0.4) is 0 Å². The monoisotopic (exact) mass is 346 g/mol. The predicted octanol–water partition coefficient (Wildman–Crippen LogP) is 2.45. The molecule has 1 aromatic carbocycles. The number of carboxylic acid groups (broad SMARTS) is 1. The Bertz CT molecular complexity index is 994. The van der Waals surface area contributed by atoms with Crippen LogP contribution in [0.25, 0.3) is 0 Å². The molecule has 0 radical (unpaired) electrons. The van der Waals surface area contributed by atoms with Crippen molar-refractivity contribution in [1.82, 2.24) is 9.55 Å². The molecule has 0 saturated heterocycles. The maximum absolute atomic E-state index is 14.2. The lowest BCUT2D eigenvalue weighted by atomic mass is 10.1. The van der Waals surface area contributed by atoms with E-state index in [0.717, 1.165) is 29.1 Å². The second kappa shape index (κ2) is 6.68. The lowest BCUT2D eigenvalue weighted by molar-refractivity contribution is 0.0660. The highest BCUT2D eigenvalue weighted by Crippen LogP contribution is 2.15. The highest BCUT2D eigenvalue weighted by Gasteiger charge is 2.12. The Morgan fingerprint density at radius 1 is 1.24 bits per heavy atom. The maximum atomic E-state index is 14.2. The van der Waals surface area contributed by atoms with Crippen molar-refractivity contribution in [2.75, 3.05) is 0 Å². The number of carboxylic acids is 1. The Morgan fingerprint density at radius 3 is 2.72 bits per heavy atom. The Balaban J connectivity index is 1.79. The molecule has 2 heterocycles. The highest BCUT2D eigenvalue weighted by atomic mass is 19.1. The molecule has 0 bridgehead atoms. The van der Waals surface area contributed by atoms with E-state index < -0.39 is 23.2 Å². The summed E-state index contributed by atoms with van der Waals surface area (Å²) in [4.78, 5) is 26.2. The van der Waals surface area contributed by atoms with Crippen molar-refractivity contribution in [3.63, 3.8) is 0 Å². The van der Waals surface area contributed by atoms with E-state index in [1.54, 1.807) is 6.07 Å². The van der Waals surface area contributed by atoms with Crippen LogP contribution in [-0.2, 0) is 13.0 Å². The highest BCUT2D eigenvalue weighted by molar-refractivity contribution is 5.83. The molecule has 8 heteroatoms. The summed E-state index contributed by atoms with van der Waals surface area (Å²) in [6.45, 7) is -0.106. The molecule has 128 valence electrons. The van der Waals surface area contributed by atoms with Gasteiger partial charge in [0.15, 0.2) is 5.89 Å². The molecular weight excluding hydrogens is 334 g/mol. The first-order chi connectivity index (χ1) is 11.9. The van der Waals surface area contributed by atoms with Gasteiger partial charge in [0.2, 0.25) is 5.76 Å². The van der Waals surface area contributed by atoms with Gasteiger partial charge in [0, 0.05) is 24.2 Å². The van der Waals surface area contributed by atoms with E-state index in [2.05, 4.69) is 4.98 Å². The van der Waals surface area contributed by atoms with Crippen LogP contribution in [0.4, 0.5) is 8.78 Å². The topological polar surface area (TPSA) is 85.3 Å². The lowest BCUT2D eigenvalue weighted by Crippen LogP contribution is -2.20. The minimum Gasteiger partial charge on any atom is -0.475 e. The van der Waals surface area contributed by atoms with Gasteiger partial charge in [0.05, 0.1) is 12.7 Å². The molecule has 0 saturated carbocycles. The van der Waals surface area contributed by atoms with Gasteiger partial charge in [-0.05, 0) is 17.7 Å². The van der Waals surface area contributed by atoms with Gasteiger partial charge in [-0.25, -0.2) is 18.6 Å². The smallest absolute Gasteiger partial charge is 0.373 e. The van der Waals surface area contributed by atoms with Gasteiger partial charge < -0.3 is 14.1 Å². The van der Waals surface area contributed by atoms with Crippen molar-refractivity contribution >= 4 is 5.97 Å². The van der Waals surface area contributed by atoms with E-state index in [9.17, 15) is 18.4 Å².